The van der Waals surface area contributed by atoms with Crippen LogP contribution in [0.1, 0.15) is 16.8 Å². The van der Waals surface area contributed by atoms with Crippen LogP contribution in [0, 0.1) is 0 Å². The summed E-state index contributed by atoms with van der Waals surface area (Å²) in [5, 5.41) is 4.11. The summed E-state index contributed by atoms with van der Waals surface area (Å²) >= 11 is 8.93. The number of carbonyl (C=O) groups is 3. The number of hydrazine groups is 1. The molecule has 10 heteroatoms. The van der Waals surface area contributed by atoms with Crippen LogP contribution in [-0.2, 0) is 9.59 Å². The predicted molar refractivity (Wildman–Crippen MR) is 140 cm³/mol. The zero-order valence-corrected chi connectivity index (χ0v) is 21.0. The SMILES string of the molecule is COc1ccc(N2C(=O)C(CC(=O)Nc3ccc(Br)cc3)N(NC(=O)c3ccccc3)C2=S)cc1. The lowest BCUT2D eigenvalue weighted by molar-refractivity contribution is -0.124. The Hall–Kier alpha value is -3.76. The maximum Gasteiger partial charge on any atom is 0.269 e. The van der Waals surface area contributed by atoms with Crippen LogP contribution in [0.3, 0.4) is 0 Å². The summed E-state index contributed by atoms with van der Waals surface area (Å²) in [4.78, 5) is 40.5. The molecule has 4 rings (SSSR count). The molecule has 1 aliphatic rings. The molecule has 0 bridgehead atoms. The summed E-state index contributed by atoms with van der Waals surface area (Å²) < 4.78 is 6.06. The predicted octanol–water partition coefficient (Wildman–Crippen LogP) is 4.13. The van der Waals surface area contributed by atoms with E-state index in [0.717, 1.165) is 4.47 Å². The number of methoxy groups -OCH3 is 1. The van der Waals surface area contributed by atoms with E-state index in [-0.39, 0.29) is 11.5 Å². The standard InChI is InChI=1S/C25H21BrN4O4S/c1-34-20-13-11-19(12-14-20)29-24(33)21(15-22(31)27-18-9-7-17(26)8-10-18)30(25(29)35)28-23(32)16-5-3-2-4-6-16/h2-14,21H,15H2,1H3,(H,27,31)(H,28,32). The summed E-state index contributed by atoms with van der Waals surface area (Å²) in [7, 11) is 1.54. The molecule has 1 unspecified atom stereocenters. The van der Waals surface area contributed by atoms with Gasteiger partial charge in [-0.3, -0.25) is 24.7 Å². The third kappa shape index (κ3) is 5.50. The van der Waals surface area contributed by atoms with Gasteiger partial charge in [0.05, 0.1) is 19.2 Å². The molecular weight excluding hydrogens is 532 g/mol. The molecule has 3 aromatic carbocycles. The Morgan fingerprint density at radius 1 is 1.00 bits per heavy atom. The number of rotatable bonds is 7. The Morgan fingerprint density at radius 2 is 1.66 bits per heavy atom. The van der Waals surface area contributed by atoms with Gasteiger partial charge < -0.3 is 10.1 Å². The second-order valence-corrected chi connectivity index (χ2v) is 8.89. The van der Waals surface area contributed by atoms with Gasteiger partial charge in [-0.2, -0.15) is 0 Å². The largest absolute Gasteiger partial charge is 0.497 e. The Morgan fingerprint density at radius 3 is 2.29 bits per heavy atom. The molecule has 0 radical (unpaired) electrons. The smallest absolute Gasteiger partial charge is 0.269 e. The topological polar surface area (TPSA) is 91.0 Å². The summed E-state index contributed by atoms with van der Waals surface area (Å²) in [5.41, 5.74) is 4.17. The average molecular weight is 553 g/mol. The van der Waals surface area contributed by atoms with Crippen molar-refractivity contribution in [3.05, 3.63) is 88.9 Å². The third-order valence-corrected chi connectivity index (χ3v) is 6.22. The molecule has 3 amide bonds. The van der Waals surface area contributed by atoms with Crippen molar-refractivity contribution in [3.63, 3.8) is 0 Å². The van der Waals surface area contributed by atoms with Gasteiger partial charge in [0.25, 0.3) is 11.8 Å². The number of hydrogen-bond acceptors (Lipinski definition) is 5. The van der Waals surface area contributed by atoms with Crippen molar-refractivity contribution in [2.75, 3.05) is 17.3 Å². The second-order valence-electron chi connectivity index (χ2n) is 7.61. The van der Waals surface area contributed by atoms with E-state index in [1.165, 1.54) is 9.91 Å². The van der Waals surface area contributed by atoms with Crippen molar-refractivity contribution in [2.45, 2.75) is 12.5 Å². The minimum atomic E-state index is -1.03. The first kappa shape index (κ1) is 24.4. The summed E-state index contributed by atoms with van der Waals surface area (Å²) in [6, 6.07) is 21.3. The summed E-state index contributed by atoms with van der Waals surface area (Å²) in [6.07, 6.45) is -0.225. The van der Waals surface area contributed by atoms with E-state index >= 15 is 0 Å². The van der Waals surface area contributed by atoms with Gasteiger partial charge in [0.15, 0.2) is 0 Å². The number of benzene rings is 3. The van der Waals surface area contributed by atoms with Crippen molar-refractivity contribution in [2.24, 2.45) is 0 Å². The molecule has 3 aromatic rings. The van der Waals surface area contributed by atoms with E-state index in [9.17, 15) is 14.4 Å². The lowest BCUT2D eigenvalue weighted by Crippen LogP contribution is -2.49. The highest BCUT2D eigenvalue weighted by Gasteiger charge is 2.45. The molecule has 0 aliphatic carbocycles. The molecule has 0 saturated carbocycles. The van der Waals surface area contributed by atoms with E-state index in [1.54, 1.807) is 86.0 Å². The fourth-order valence-corrected chi connectivity index (χ4v) is 4.19. The highest BCUT2D eigenvalue weighted by molar-refractivity contribution is 9.10. The monoisotopic (exact) mass is 552 g/mol. The average Bonchev–Trinajstić information content (AvgIpc) is 3.09. The second kappa shape index (κ2) is 10.7. The first-order chi connectivity index (χ1) is 16.9. The number of amides is 3. The highest BCUT2D eigenvalue weighted by Crippen LogP contribution is 2.28. The number of anilines is 2. The van der Waals surface area contributed by atoms with Gasteiger partial charge in [-0.1, -0.05) is 34.1 Å². The minimum Gasteiger partial charge on any atom is -0.497 e. The van der Waals surface area contributed by atoms with E-state index < -0.39 is 23.8 Å². The molecule has 35 heavy (non-hydrogen) atoms. The number of halogens is 1. The van der Waals surface area contributed by atoms with Crippen LogP contribution in [-0.4, -0.2) is 41.0 Å². The van der Waals surface area contributed by atoms with E-state index in [0.29, 0.717) is 22.7 Å². The highest BCUT2D eigenvalue weighted by atomic mass is 79.9. The van der Waals surface area contributed by atoms with Crippen LogP contribution in [0.15, 0.2) is 83.3 Å². The zero-order valence-electron chi connectivity index (χ0n) is 18.6. The van der Waals surface area contributed by atoms with Crippen molar-refractivity contribution >= 4 is 62.4 Å². The van der Waals surface area contributed by atoms with Crippen LogP contribution in [0.2, 0.25) is 0 Å². The van der Waals surface area contributed by atoms with Crippen molar-refractivity contribution in [1.29, 1.82) is 0 Å². The maximum absolute atomic E-state index is 13.5. The Kier molecular flexibility index (Phi) is 7.42. The molecule has 0 spiro atoms. The van der Waals surface area contributed by atoms with Gasteiger partial charge in [-0.05, 0) is 72.9 Å². The Bertz CT molecular complexity index is 1250. The third-order valence-electron chi connectivity index (χ3n) is 5.31. The molecule has 1 fully saturated rings. The van der Waals surface area contributed by atoms with Gasteiger partial charge in [0, 0.05) is 15.7 Å². The molecule has 1 heterocycles. The molecule has 0 aromatic heterocycles. The normalized spacial score (nSPS) is 15.2. The quantitative estimate of drug-likeness (QED) is 0.428. The number of ether oxygens (including phenoxy) is 1. The van der Waals surface area contributed by atoms with E-state index in [1.807, 2.05) is 0 Å². The number of nitrogens with zero attached hydrogens (tertiary/aromatic N) is 2. The van der Waals surface area contributed by atoms with Gasteiger partial charge in [-0.25, -0.2) is 5.01 Å². The van der Waals surface area contributed by atoms with Crippen molar-refractivity contribution in [1.82, 2.24) is 10.4 Å². The van der Waals surface area contributed by atoms with Crippen molar-refractivity contribution in [3.8, 4) is 5.75 Å². The van der Waals surface area contributed by atoms with Crippen molar-refractivity contribution < 1.29 is 19.1 Å². The molecule has 1 atom stereocenters. The van der Waals surface area contributed by atoms with Crippen LogP contribution < -0.4 is 20.4 Å². The molecule has 1 aliphatic heterocycles. The number of thiocarbonyl (C=S) groups is 1. The number of nitrogens with one attached hydrogen (secondary N) is 2. The first-order valence-corrected chi connectivity index (χ1v) is 11.8. The Balaban J connectivity index is 1.59. The number of carbonyl (C=O) groups excluding carboxylic acids is 3. The van der Waals surface area contributed by atoms with Crippen LogP contribution in [0.4, 0.5) is 11.4 Å². The van der Waals surface area contributed by atoms with Crippen LogP contribution in [0.25, 0.3) is 0 Å². The fourth-order valence-electron chi connectivity index (χ4n) is 3.55. The lowest BCUT2D eigenvalue weighted by Gasteiger charge is -2.24. The fraction of sp³-hybridized carbons (Fsp3) is 0.120. The van der Waals surface area contributed by atoms with Gasteiger partial charge in [0.2, 0.25) is 11.0 Å². The molecule has 1 saturated heterocycles. The van der Waals surface area contributed by atoms with E-state index in [4.69, 9.17) is 17.0 Å². The summed E-state index contributed by atoms with van der Waals surface area (Å²) in [6.45, 7) is 0. The minimum absolute atomic E-state index is 0.0610. The molecular formula is C25H21BrN4O4S. The Labute approximate surface area is 216 Å². The van der Waals surface area contributed by atoms with Crippen LogP contribution >= 0.6 is 28.1 Å². The lowest BCUT2D eigenvalue weighted by atomic mass is 10.1. The zero-order chi connectivity index (χ0) is 24.9. The van der Waals surface area contributed by atoms with E-state index in [2.05, 4.69) is 26.7 Å². The summed E-state index contributed by atoms with van der Waals surface area (Å²) in [5.74, 6) is -0.662. The van der Waals surface area contributed by atoms with Gasteiger partial charge >= 0.3 is 0 Å². The van der Waals surface area contributed by atoms with Gasteiger partial charge in [-0.15, -0.1) is 0 Å². The molecule has 2 N–H and O–H groups in total. The first-order valence-electron chi connectivity index (χ1n) is 10.6. The maximum atomic E-state index is 13.5. The van der Waals surface area contributed by atoms with Gasteiger partial charge in [0.1, 0.15) is 11.8 Å². The molecule has 8 nitrogen and oxygen atoms in total. The van der Waals surface area contributed by atoms with Crippen LogP contribution in [0.5, 0.6) is 5.75 Å². The molecule has 178 valence electrons. The number of hydrogen-bond donors (Lipinski definition) is 2.